The maximum Gasteiger partial charge on any atom is 0.231 e. The van der Waals surface area contributed by atoms with Gasteiger partial charge in [-0.1, -0.05) is 6.92 Å². The quantitative estimate of drug-likeness (QED) is 0.602. The number of carbonyl (C=O) groups excluding carboxylic acids is 2. The van der Waals surface area contributed by atoms with Crippen LogP contribution >= 0.6 is 0 Å². The Morgan fingerprint density at radius 2 is 2.00 bits per heavy atom. The SMILES string of the molecule is CCN(CCC(C)=O)CC(N)=O. The number of rotatable bonds is 6. The molecule has 2 N–H and O–H groups in total. The molecule has 0 aliphatic carbocycles. The topological polar surface area (TPSA) is 63.4 Å². The molecule has 0 saturated heterocycles. The third-order valence-electron chi connectivity index (χ3n) is 1.61. The molecule has 0 saturated carbocycles. The first kappa shape index (κ1) is 11.1. The van der Waals surface area contributed by atoms with E-state index in [1.807, 2.05) is 11.8 Å². The minimum Gasteiger partial charge on any atom is -0.369 e. The van der Waals surface area contributed by atoms with Crippen molar-refractivity contribution >= 4 is 11.7 Å². The molecule has 70 valence electrons. The number of primary amides is 1. The highest BCUT2D eigenvalue weighted by Crippen LogP contribution is 1.91. The fourth-order valence-electron chi connectivity index (χ4n) is 0.885. The second kappa shape index (κ2) is 5.71. The maximum atomic E-state index is 10.6. The van der Waals surface area contributed by atoms with Crippen LogP contribution in [0.2, 0.25) is 0 Å². The number of carbonyl (C=O) groups is 2. The molecule has 0 aromatic heterocycles. The molecule has 4 nitrogen and oxygen atoms in total. The van der Waals surface area contributed by atoms with Gasteiger partial charge in [0, 0.05) is 13.0 Å². The van der Waals surface area contributed by atoms with Gasteiger partial charge in [-0.2, -0.15) is 0 Å². The lowest BCUT2D eigenvalue weighted by Gasteiger charge is -2.16. The number of nitrogens with two attached hydrogens (primary N) is 1. The summed E-state index contributed by atoms with van der Waals surface area (Å²) in [6, 6.07) is 0. The molecule has 0 unspecified atom stereocenters. The van der Waals surface area contributed by atoms with Crippen molar-refractivity contribution in [2.45, 2.75) is 20.3 Å². The number of nitrogens with zero attached hydrogens (tertiary/aromatic N) is 1. The van der Waals surface area contributed by atoms with E-state index in [0.29, 0.717) is 13.0 Å². The second-order valence-electron chi connectivity index (χ2n) is 2.79. The number of Topliss-reactive ketones (excluding diaryl/α,β-unsaturated/α-hetero) is 1. The Kier molecular flexibility index (Phi) is 5.28. The van der Waals surface area contributed by atoms with Crippen molar-refractivity contribution in [1.82, 2.24) is 4.90 Å². The monoisotopic (exact) mass is 172 g/mol. The molecule has 0 bridgehead atoms. The van der Waals surface area contributed by atoms with Crippen LogP contribution in [0, 0.1) is 0 Å². The Morgan fingerprint density at radius 1 is 1.42 bits per heavy atom. The van der Waals surface area contributed by atoms with Crippen LogP contribution in [0.4, 0.5) is 0 Å². The van der Waals surface area contributed by atoms with Crippen LogP contribution in [0.3, 0.4) is 0 Å². The molecule has 0 aliphatic rings. The molecule has 1 amide bonds. The number of ketones is 1. The normalized spacial score (nSPS) is 10.2. The van der Waals surface area contributed by atoms with E-state index in [0.717, 1.165) is 6.54 Å². The van der Waals surface area contributed by atoms with Crippen molar-refractivity contribution in [3.05, 3.63) is 0 Å². The number of hydrogen-bond donors (Lipinski definition) is 1. The van der Waals surface area contributed by atoms with E-state index in [9.17, 15) is 9.59 Å². The Hall–Kier alpha value is -0.900. The van der Waals surface area contributed by atoms with Crippen molar-refractivity contribution in [3.63, 3.8) is 0 Å². The summed E-state index contributed by atoms with van der Waals surface area (Å²) < 4.78 is 0. The zero-order chi connectivity index (χ0) is 9.56. The fourth-order valence-corrected chi connectivity index (χ4v) is 0.885. The van der Waals surface area contributed by atoms with Gasteiger partial charge in [0.25, 0.3) is 0 Å². The molecule has 0 rings (SSSR count). The van der Waals surface area contributed by atoms with Crippen LogP contribution in [-0.2, 0) is 9.59 Å². The van der Waals surface area contributed by atoms with Gasteiger partial charge in [-0.25, -0.2) is 0 Å². The van der Waals surface area contributed by atoms with Gasteiger partial charge >= 0.3 is 0 Å². The second-order valence-corrected chi connectivity index (χ2v) is 2.79. The van der Waals surface area contributed by atoms with Gasteiger partial charge in [-0.15, -0.1) is 0 Å². The summed E-state index contributed by atoms with van der Waals surface area (Å²) in [5, 5.41) is 0. The van der Waals surface area contributed by atoms with Crippen molar-refractivity contribution in [1.29, 1.82) is 0 Å². The van der Waals surface area contributed by atoms with E-state index in [4.69, 9.17) is 5.73 Å². The molecule has 0 aromatic rings. The van der Waals surface area contributed by atoms with Gasteiger partial charge in [-0.05, 0) is 13.5 Å². The lowest BCUT2D eigenvalue weighted by Crippen LogP contribution is -2.34. The molecular formula is C8H16N2O2. The third kappa shape index (κ3) is 5.85. The van der Waals surface area contributed by atoms with Gasteiger partial charge < -0.3 is 5.73 Å². The molecule has 4 heteroatoms. The lowest BCUT2D eigenvalue weighted by atomic mass is 10.3. The summed E-state index contributed by atoms with van der Waals surface area (Å²) in [6.07, 6.45) is 0.487. The minimum absolute atomic E-state index is 0.137. The highest BCUT2D eigenvalue weighted by molar-refractivity contribution is 5.77. The molecule has 0 radical (unpaired) electrons. The summed E-state index contributed by atoms with van der Waals surface area (Å²) >= 11 is 0. The van der Waals surface area contributed by atoms with Gasteiger partial charge in [0.2, 0.25) is 5.91 Å². The number of likely N-dealkylation sites (N-methyl/N-ethyl adjacent to an activating group) is 1. The predicted octanol–water partition coefficient (Wildman–Crippen LogP) is -0.227. The molecule has 0 heterocycles. The minimum atomic E-state index is -0.347. The van der Waals surface area contributed by atoms with Crippen molar-refractivity contribution in [2.24, 2.45) is 5.73 Å². The van der Waals surface area contributed by atoms with Crippen LogP contribution in [0.15, 0.2) is 0 Å². The first-order valence-electron chi connectivity index (χ1n) is 4.06. The van der Waals surface area contributed by atoms with Crippen molar-refractivity contribution in [3.8, 4) is 0 Å². The van der Waals surface area contributed by atoms with Crippen LogP contribution in [0.25, 0.3) is 0 Å². The summed E-state index contributed by atoms with van der Waals surface area (Å²) in [5.41, 5.74) is 5.01. The van der Waals surface area contributed by atoms with E-state index < -0.39 is 0 Å². The van der Waals surface area contributed by atoms with E-state index in [1.165, 1.54) is 6.92 Å². The highest BCUT2D eigenvalue weighted by atomic mass is 16.1. The highest BCUT2D eigenvalue weighted by Gasteiger charge is 2.05. The third-order valence-corrected chi connectivity index (χ3v) is 1.61. The molecule has 0 aliphatic heterocycles. The van der Waals surface area contributed by atoms with Crippen LogP contribution in [0.1, 0.15) is 20.3 Å². The Morgan fingerprint density at radius 3 is 2.33 bits per heavy atom. The van der Waals surface area contributed by atoms with E-state index in [1.54, 1.807) is 0 Å². The Balaban J connectivity index is 3.67. The van der Waals surface area contributed by atoms with Crippen LogP contribution in [-0.4, -0.2) is 36.2 Å². The molecule has 0 spiro atoms. The first-order chi connectivity index (χ1) is 5.56. The van der Waals surface area contributed by atoms with E-state index in [-0.39, 0.29) is 18.2 Å². The molecule has 0 fully saturated rings. The van der Waals surface area contributed by atoms with Gasteiger partial charge in [0.15, 0.2) is 0 Å². The van der Waals surface area contributed by atoms with E-state index >= 15 is 0 Å². The average Bonchev–Trinajstić information content (AvgIpc) is 1.97. The predicted molar refractivity (Wildman–Crippen MR) is 46.6 cm³/mol. The lowest BCUT2D eigenvalue weighted by molar-refractivity contribution is -0.120. The van der Waals surface area contributed by atoms with Crippen molar-refractivity contribution < 1.29 is 9.59 Å². The zero-order valence-electron chi connectivity index (χ0n) is 7.67. The van der Waals surface area contributed by atoms with Gasteiger partial charge in [-0.3, -0.25) is 14.5 Å². The Bertz CT molecular complexity index is 168. The molecule has 0 aromatic carbocycles. The number of hydrogen-bond acceptors (Lipinski definition) is 3. The largest absolute Gasteiger partial charge is 0.369 e. The molecular weight excluding hydrogens is 156 g/mol. The maximum absolute atomic E-state index is 10.6. The fraction of sp³-hybridized carbons (Fsp3) is 0.750. The average molecular weight is 172 g/mol. The Labute approximate surface area is 72.7 Å². The zero-order valence-corrected chi connectivity index (χ0v) is 7.67. The van der Waals surface area contributed by atoms with Gasteiger partial charge in [0.05, 0.1) is 6.54 Å². The summed E-state index contributed by atoms with van der Waals surface area (Å²) in [4.78, 5) is 23.0. The standard InChI is InChI=1S/C8H16N2O2/c1-3-10(6-8(9)12)5-4-7(2)11/h3-6H2,1-2H3,(H2,9,12). The van der Waals surface area contributed by atoms with Crippen molar-refractivity contribution in [2.75, 3.05) is 19.6 Å². The summed E-state index contributed by atoms with van der Waals surface area (Å²) in [7, 11) is 0. The smallest absolute Gasteiger partial charge is 0.231 e. The van der Waals surface area contributed by atoms with Crippen LogP contribution < -0.4 is 5.73 Å². The van der Waals surface area contributed by atoms with Gasteiger partial charge in [0.1, 0.15) is 5.78 Å². The summed E-state index contributed by atoms with van der Waals surface area (Å²) in [6.45, 7) is 5.08. The molecule has 0 atom stereocenters. The summed E-state index contributed by atoms with van der Waals surface area (Å²) in [5.74, 6) is -0.210. The van der Waals surface area contributed by atoms with Crippen LogP contribution in [0.5, 0.6) is 0 Å². The number of amides is 1. The first-order valence-corrected chi connectivity index (χ1v) is 4.06. The molecule has 12 heavy (non-hydrogen) atoms. The van der Waals surface area contributed by atoms with E-state index in [2.05, 4.69) is 0 Å².